The number of rotatable bonds is 0. The fraction of sp³-hybridized carbons (Fsp3) is 0.933. The van der Waals surface area contributed by atoms with E-state index in [1.165, 1.54) is 0 Å². The maximum absolute atomic E-state index is 13.2. The molecule has 1 N–H and O–H groups in total. The molecule has 4 saturated heterocycles. The molecule has 212 valence electrons. The van der Waals surface area contributed by atoms with Gasteiger partial charge in [0.2, 0.25) is 5.79 Å². The van der Waals surface area contributed by atoms with Crippen LogP contribution in [0.4, 0.5) is 0 Å². The first-order chi connectivity index (χ1) is 17.7. The van der Waals surface area contributed by atoms with Crippen molar-refractivity contribution in [2.24, 2.45) is 46.3 Å². The Bertz CT molecular complexity index is 1060. The van der Waals surface area contributed by atoms with Gasteiger partial charge >= 0.3 is 5.97 Å². The number of hydrogen-bond donors (Lipinski definition) is 1. The van der Waals surface area contributed by atoms with Crippen molar-refractivity contribution in [3.8, 4) is 0 Å². The molecular weight excluding hydrogens is 488 g/mol. The topological polar surface area (TPSA) is 101 Å². The van der Waals surface area contributed by atoms with Crippen LogP contribution in [0.2, 0.25) is 0 Å². The molecule has 13 atom stereocenters. The lowest BCUT2D eigenvalue weighted by atomic mass is 9.47. The standard InChI is InChI=1S/C30H44O8/c1-15-9-29(10-16(2)25(32)36-29)35-21-13-27(5)18-7-8-22-26(3,4)34-14-19(31)24-30(22,33)11-17(18)20(37-38-24)12-28(27,6)23(15)21/h15-18,20-24,33H,7-14H2,1-6H3. The minimum absolute atomic E-state index is 0.000951. The van der Waals surface area contributed by atoms with Crippen molar-refractivity contribution in [1.82, 2.24) is 0 Å². The van der Waals surface area contributed by atoms with Crippen molar-refractivity contribution >= 4 is 11.8 Å². The second-order valence-electron chi connectivity index (χ2n) is 15.1. The molecule has 0 aromatic heterocycles. The molecule has 8 nitrogen and oxygen atoms in total. The smallest absolute Gasteiger partial charge is 0.311 e. The summed E-state index contributed by atoms with van der Waals surface area (Å²) in [5.41, 5.74) is -2.13. The molecule has 38 heavy (non-hydrogen) atoms. The molecule has 4 aliphatic heterocycles. The van der Waals surface area contributed by atoms with Gasteiger partial charge in [-0.05, 0) is 80.5 Å². The van der Waals surface area contributed by atoms with Crippen molar-refractivity contribution in [3.63, 3.8) is 0 Å². The van der Waals surface area contributed by atoms with E-state index in [0.29, 0.717) is 24.7 Å². The molecule has 7 aliphatic rings. The third-order valence-corrected chi connectivity index (χ3v) is 12.8. The van der Waals surface area contributed by atoms with Gasteiger partial charge < -0.3 is 19.3 Å². The van der Waals surface area contributed by atoms with E-state index in [1.807, 2.05) is 20.8 Å². The predicted molar refractivity (Wildman–Crippen MR) is 134 cm³/mol. The second kappa shape index (κ2) is 7.81. The van der Waals surface area contributed by atoms with Crippen LogP contribution in [0.3, 0.4) is 0 Å². The third-order valence-electron chi connectivity index (χ3n) is 12.8. The van der Waals surface area contributed by atoms with Gasteiger partial charge in [-0.2, -0.15) is 0 Å². The molecule has 8 heteroatoms. The van der Waals surface area contributed by atoms with Gasteiger partial charge in [0.1, 0.15) is 12.2 Å². The molecular formula is C30H44O8. The van der Waals surface area contributed by atoms with Crippen LogP contribution >= 0.6 is 0 Å². The fourth-order valence-corrected chi connectivity index (χ4v) is 11.2. The first-order valence-corrected chi connectivity index (χ1v) is 14.8. The van der Waals surface area contributed by atoms with Gasteiger partial charge in [0.25, 0.3) is 0 Å². The summed E-state index contributed by atoms with van der Waals surface area (Å²) in [5, 5.41) is 12.3. The van der Waals surface area contributed by atoms with E-state index >= 15 is 0 Å². The summed E-state index contributed by atoms with van der Waals surface area (Å²) < 4.78 is 18.8. The van der Waals surface area contributed by atoms with Crippen LogP contribution in [0, 0.1) is 46.3 Å². The Morgan fingerprint density at radius 2 is 1.61 bits per heavy atom. The van der Waals surface area contributed by atoms with Crippen molar-refractivity contribution < 1.29 is 38.7 Å². The average Bonchev–Trinajstić information content (AvgIpc) is 3.02. The molecule has 0 aromatic rings. The number of Topliss-reactive ketones (excluding diaryl/α,β-unsaturated/α-hetero) is 1. The predicted octanol–water partition coefficient (Wildman–Crippen LogP) is 3.97. The van der Waals surface area contributed by atoms with E-state index in [0.717, 1.165) is 32.1 Å². The van der Waals surface area contributed by atoms with E-state index in [4.69, 9.17) is 24.0 Å². The molecule has 7 fully saturated rings. The molecule has 2 bridgehead atoms. The summed E-state index contributed by atoms with van der Waals surface area (Å²) in [5.74, 6) is -0.604. The number of ether oxygens (including phenoxy) is 3. The number of hydrogen-bond acceptors (Lipinski definition) is 8. The third kappa shape index (κ3) is 3.16. The highest BCUT2D eigenvalue weighted by Crippen LogP contribution is 2.73. The Balaban J connectivity index is 1.28. The zero-order chi connectivity index (χ0) is 27.0. The van der Waals surface area contributed by atoms with Crippen molar-refractivity contribution in [1.29, 1.82) is 0 Å². The zero-order valence-corrected chi connectivity index (χ0v) is 23.7. The minimum atomic E-state index is -1.33. The highest BCUT2D eigenvalue weighted by atomic mass is 17.2. The molecule has 0 amide bonds. The lowest BCUT2D eigenvalue weighted by Gasteiger charge is -2.58. The van der Waals surface area contributed by atoms with Gasteiger partial charge in [0, 0.05) is 18.8 Å². The van der Waals surface area contributed by atoms with Crippen LogP contribution in [0.25, 0.3) is 0 Å². The molecule has 1 spiro atoms. The lowest BCUT2D eigenvalue weighted by molar-refractivity contribution is -0.374. The van der Waals surface area contributed by atoms with Gasteiger partial charge in [-0.1, -0.05) is 27.7 Å². The molecule has 7 rings (SSSR count). The van der Waals surface area contributed by atoms with E-state index < -0.39 is 23.1 Å². The molecule has 4 heterocycles. The number of carbonyl (C=O) groups is 2. The summed E-state index contributed by atoms with van der Waals surface area (Å²) in [6.07, 6.45) is 3.99. The van der Waals surface area contributed by atoms with Gasteiger partial charge in [0.05, 0.1) is 23.7 Å². The van der Waals surface area contributed by atoms with E-state index in [2.05, 4.69) is 20.8 Å². The SMILES string of the molecule is CC1CC2(CC(C)C3C(CC4(C)C5CCC6C(C)(C)OCC(=O)C7OOC(CC34C)C5CC76O)O2)OC1=O. The number of esters is 1. The summed E-state index contributed by atoms with van der Waals surface area (Å²) >= 11 is 0. The monoisotopic (exact) mass is 532 g/mol. The first-order valence-electron chi connectivity index (χ1n) is 14.8. The maximum atomic E-state index is 13.2. The molecule has 13 unspecified atom stereocenters. The van der Waals surface area contributed by atoms with E-state index in [9.17, 15) is 14.7 Å². The molecule has 0 radical (unpaired) electrons. The summed E-state index contributed by atoms with van der Waals surface area (Å²) in [7, 11) is 0. The normalized spacial score (nSPS) is 58.9. The molecule has 3 saturated carbocycles. The van der Waals surface area contributed by atoms with Crippen molar-refractivity contribution in [3.05, 3.63) is 0 Å². The van der Waals surface area contributed by atoms with Crippen molar-refractivity contribution in [2.45, 2.75) is 122 Å². The van der Waals surface area contributed by atoms with Crippen LogP contribution in [-0.2, 0) is 33.6 Å². The Labute approximate surface area is 225 Å². The highest BCUT2D eigenvalue weighted by molar-refractivity contribution is 5.86. The number of fused-ring (bicyclic) bond motifs is 4. The lowest BCUT2D eigenvalue weighted by Crippen LogP contribution is -2.58. The van der Waals surface area contributed by atoms with Crippen LogP contribution in [0.1, 0.15) is 86.5 Å². The van der Waals surface area contributed by atoms with Crippen LogP contribution < -0.4 is 0 Å². The Morgan fingerprint density at radius 3 is 2.32 bits per heavy atom. The largest absolute Gasteiger partial charge is 0.433 e. The Kier molecular flexibility index (Phi) is 5.32. The highest BCUT2D eigenvalue weighted by Gasteiger charge is 2.73. The summed E-state index contributed by atoms with van der Waals surface area (Å²) in [4.78, 5) is 37.7. The van der Waals surface area contributed by atoms with Gasteiger partial charge in [-0.25, -0.2) is 9.78 Å². The van der Waals surface area contributed by atoms with E-state index in [1.54, 1.807) is 0 Å². The molecule has 3 aliphatic carbocycles. The zero-order valence-electron chi connectivity index (χ0n) is 23.7. The number of aliphatic hydroxyl groups is 1. The minimum Gasteiger partial charge on any atom is -0.433 e. The number of ketones is 1. The van der Waals surface area contributed by atoms with Gasteiger partial charge in [-0.15, -0.1) is 0 Å². The van der Waals surface area contributed by atoms with Crippen LogP contribution in [0.5, 0.6) is 0 Å². The van der Waals surface area contributed by atoms with Gasteiger partial charge in [-0.3, -0.25) is 9.59 Å². The average molecular weight is 533 g/mol. The number of carbonyl (C=O) groups excluding carboxylic acids is 2. The van der Waals surface area contributed by atoms with Crippen molar-refractivity contribution in [2.75, 3.05) is 6.61 Å². The van der Waals surface area contributed by atoms with Crippen LogP contribution in [0.15, 0.2) is 0 Å². The second-order valence-corrected chi connectivity index (χ2v) is 15.1. The summed E-state index contributed by atoms with van der Waals surface area (Å²) in [6.45, 7) is 13.0. The summed E-state index contributed by atoms with van der Waals surface area (Å²) in [6, 6.07) is 0. The maximum Gasteiger partial charge on any atom is 0.311 e. The quantitative estimate of drug-likeness (QED) is 0.370. The Morgan fingerprint density at radius 1 is 0.868 bits per heavy atom. The van der Waals surface area contributed by atoms with Gasteiger partial charge in [0.15, 0.2) is 11.9 Å². The van der Waals surface area contributed by atoms with E-state index in [-0.39, 0.29) is 65.1 Å². The Hall–Kier alpha value is -1.06. The van der Waals surface area contributed by atoms with Crippen LogP contribution in [-0.4, -0.2) is 58.8 Å². The first kappa shape index (κ1) is 25.9. The fourth-order valence-electron chi connectivity index (χ4n) is 11.2. The molecule has 0 aromatic carbocycles.